The van der Waals surface area contributed by atoms with Crippen LogP contribution in [0.5, 0.6) is 0 Å². The molecule has 0 aromatic carbocycles. The van der Waals surface area contributed by atoms with Crippen LogP contribution in [0.25, 0.3) is 0 Å². The molecule has 1 aliphatic rings. The van der Waals surface area contributed by atoms with Crippen molar-refractivity contribution in [3.63, 3.8) is 0 Å². The summed E-state index contributed by atoms with van der Waals surface area (Å²) in [6.07, 6.45) is 4.06. The van der Waals surface area contributed by atoms with Crippen molar-refractivity contribution in [3.05, 3.63) is 44.8 Å². The Hall–Kier alpha value is -2.37. The summed E-state index contributed by atoms with van der Waals surface area (Å²) in [6.45, 7) is 9.11. The Bertz CT molecular complexity index is 881. The molecule has 2 rings (SSSR count). The van der Waals surface area contributed by atoms with Crippen LogP contribution >= 0.6 is 0 Å². The number of rotatable bonds is 3. The van der Waals surface area contributed by atoms with Crippen molar-refractivity contribution in [1.82, 2.24) is 9.55 Å². The van der Waals surface area contributed by atoms with Crippen LogP contribution in [0.4, 0.5) is 0 Å². The number of carbonyl (C=O) groups is 1. The van der Waals surface area contributed by atoms with Gasteiger partial charge in [0, 0.05) is 18.7 Å². The zero-order chi connectivity index (χ0) is 18.8. The summed E-state index contributed by atoms with van der Waals surface area (Å²) in [5.74, 6) is 2.64. The van der Waals surface area contributed by atoms with Crippen LogP contribution in [0.2, 0.25) is 19.6 Å². The minimum absolute atomic E-state index is 0.0656. The Morgan fingerprint density at radius 1 is 1.44 bits per heavy atom. The van der Waals surface area contributed by atoms with Crippen molar-refractivity contribution < 1.29 is 14.3 Å². The topological polar surface area (TPSA) is 90.4 Å². The highest BCUT2D eigenvalue weighted by Gasteiger charge is 2.37. The van der Waals surface area contributed by atoms with E-state index in [2.05, 4.69) is 36.1 Å². The quantitative estimate of drug-likeness (QED) is 0.376. The molecular formula is C17H22N2O5Si. The van der Waals surface area contributed by atoms with Crippen molar-refractivity contribution in [3.8, 4) is 11.5 Å². The van der Waals surface area contributed by atoms with Gasteiger partial charge in [-0.05, 0) is 19.1 Å². The molecule has 0 amide bonds. The number of nitrogens with zero attached hydrogens (tertiary/aromatic N) is 1. The van der Waals surface area contributed by atoms with Crippen molar-refractivity contribution >= 4 is 14.0 Å². The van der Waals surface area contributed by atoms with Crippen molar-refractivity contribution in [1.29, 1.82) is 0 Å². The molecule has 2 heterocycles. The molecule has 1 aromatic rings. The first kappa shape index (κ1) is 19.0. The van der Waals surface area contributed by atoms with Gasteiger partial charge in [0.25, 0.3) is 5.56 Å². The lowest BCUT2D eigenvalue weighted by Gasteiger charge is -2.24. The summed E-state index contributed by atoms with van der Waals surface area (Å²) >= 11 is 0. The SMILES string of the molecule is CC(=O)OCC1(C#C[Si](C)(C)C)C=C[C@H](n2cc(C)c(=O)[nH]c2=O)O1. The zero-order valence-electron chi connectivity index (χ0n) is 15.0. The van der Waals surface area contributed by atoms with Crippen LogP contribution in [0.15, 0.2) is 27.9 Å². The van der Waals surface area contributed by atoms with Gasteiger partial charge in [-0.3, -0.25) is 19.1 Å². The highest BCUT2D eigenvalue weighted by atomic mass is 28.3. The minimum Gasteiger partial charge on any atom is -0.461 e. The van der Waals surface area contributed by atoms with Crippen LogP contribution in [-0.2, 0) is 14.3 Å². The normalized spacial score (nSPS) is 22.4. The second kappa shape index (κ2) is 6.86. The summed E-state index contributed by atoms with van der Waals surface area (Å²) in [5, 5.41) is 0. The van der Waals surface area contributed by atoms with Gasteiger partial charge in [0.05, 0.1) is 0 Å². The molecule has 0 fully saturated rings. The Morgan fingerprint density at radius 3 is 2.72 bits per heavy atom. The van der Waals surface area contributed by atoms with Gasteiger partial charge >= 0.3 is 11.7 Å². The van der Waals surface area contributed by atoms with E-state index in [1.165, 1.54) is 17.7 Å². The van der Waals surface area contributed by atoms with E-state index in [-0.39, 0.29) is 6.61 Å². The summed E-state index contributed by atoms with van der Waals surface area (Å²) in [4.78, 5) is 37.0. The number of H-pyrrole nitrogens is 1. The van der Waals surface area contributed by atoms with Gasteiger partial charge in [-0.15, -0.1) is 5.54 Å². The van der Waals surface area contributed by atoms with E-state index in [0.29, 0.717) is 5.56 Å². The number of hydrogen-bond acceptors (Lipinski definition) is 5. The molecule has 0 aliphatic carbocycles. The van der Waals surface area contributed by atoms with E-state index >= 15 is 0 Å². The van der Waals surface area contributed by atoms with Crippen molar-refractivity contribution in [2.45, 2.75) is 45.3 Å². The van der Waals surface area contributed by atoms with Crippen LogP contribution in [0.3, 0.4) is 0 Å². The van der Waals surface area contributed by atoms with Gasteiger partial charge in [0.1, 0.15) is 14.7 Å². The first-order chi connectivity index (χ1) is 11.5. The molecule has 1 aliphatic heterocycles. The maximum atomic E-state index is 12.1. The number of ether oxygens (including phenoxy) is 2. The second-order valence-corrected chi connectivity index (χ2v) is 11.8. The molecule has 1 aromatic heterocycles. The maximum Gasteiger partial charge on any atom is 0.330 e. The van der Waals surface area contributed by atoms with Crippen molar-refractivity contribution in [2.75, 3.05) is 6.61 Å². The monoisotopic (exact) mass is 362 g/mol. The molecule has 0 saturated heterocycles. The fourth-order valence-electron chi connectivity index (χ4n) is 2.15. The predicted molar refractivity (Wildman–Crippen MR) is 95.8 cm³/mol. The number of nitrogens with one attached hydrogen (secondary N) is 1. The zero-order valence-corrected chi connectivity index (χ0v) is 16.0. The van der Waals surface area contributed by atoms with Gasteiger partial charge in [0.15, 0.2) is 11.8 Å². The van der Waals surface area contributed by atoms with Gasteiger partial charge in [-0.2, -0.15) is 0 Å². The summed E-state index contributed by atoms with van der Waals surface area (Å²) in [5.41, 5.74) is 1.48. The molecule has 0 saturated carbocycles. The fourth-order valence-corrected chi connectivity index (χ4v) is 2.73. The van der Waals surface area contributed by atoms with Gasteiger partial charge in [0.2, 0.25) is 0 Å². The fraction of sp³-hybridized carbons (Fsp3) is 0.471. The molecule has 134 valence electrons. The number of aromatic nitrogens is 2. The molecule has 0 bridgehead atoms. The first-order valence-electron chi connectivity index (χ1n) is 7.88. The van der Waals surface area contributed by atoms with E-state index < -0.39 is 37.1 Å². The lowest BCUT2D eigenvalue weighted by Crippen LogP contribution is -2.38. The van der Waals surface area contributed by atoms with E-state index in [1.807, 2.05) is 0 Å². The van der Waals surface area contributed by atoms with Gasteiger partial charge in [-0.1, -0.05) is 25.6 Å². The number of hydrogen-bond donors (Lipinski definition) is 1. The van der Waals surface area contributed by atoms with E-state index in [1.54, 1.807) is 19.1 Å². The lowest BCUT2D eigenvalue weighted by atomic mass is 10.1. The number of carbonyl (C=O) groups excluding carboxylic acids is 1. The third-order valence-electron chi connectivity index (χ3n) is 3.42. The third-order valence-corrected chi connectivity index (χ3v) is 4.30. The Morgan fingerprint density at radius 2 is 2.12 bits per heavy atom. The molecule has 1 N–H and O–H groups in total. The smallest absolute Gasteiger partial charge is 0.330 e. The lowest BCUT2D eigenvalue weighted by molar-refractivity contribution is -0.148. The Balaban J connectivity index is 2.36. The van der Waals surface area contributed by atoms with Gasteiger partial charge in [-0.25, -0.2) is 4.79 Å². The third kappa shape index (κ3) is 4.81. The van der Waals surface area contributed by atoms with Crippen LogP contribution in [0.1, 0.15) is 18.7 Å². The first-order valence-corrected chi connectivity index (χ1v) is 11.4. The number of aryl methyl sites for hydroxylation is 1. The molecule has 0 radical (unpaired) electrons. The van der Waals surface area contributed by atoms with E-state index in [0.717, 1.165) is 0 Å². The average Bonchev–Trinajstić information content (AvgIpc) is 2.91. The minimum atomic E-state index is -1.69. The van der Waals surface area contributed by atoms with Crippen LogP contribution in [-0.4, -0.2) is 35.8 Å². The second-order valence-electron chi connectivity index (χ2n) is 7.02. The summed E-state index contributed by atoms with van der Waals surface area (Å²) in [7, 11) is -1.69. The molecule has 25 heavy (non-hydrogen) atoms. The average molecular weight is 362 g/mol. The van der Waals surface area contributed by atoms with Gasteiger partial charge < -0.3 is 9.47 Å². The molecule has 7 nitrogen and oxygen atoms in total. The van der Waals surface area contributed by atoms with Crippen LogP contribution in [0, 0.1) is 18.4 Å². The standard InChI is InChI=1S/C17H22N2O5Si/c1-12-10-19(16(22)18-15(12)21)14-6-7-17(24-14,11-23-13(2)20)8-9-25(3,4)5/h6-7,10,14H,11H2,1-5H3,(H,18,21,22)/t14-,17?/m1/s1. The highest BCUT2D eigenvalue weighted by Crippen LogP contribution is 2.29. The van der Waals surface area contributed by atoms with Crippen LogP contribution < -0.4 is 11.2 Å². The van der Waals surface area contributed by atoms with Crippen molar-refractivity contribution in [2.24, 2.45) is 0 Å². The molecular weight excluding hydrogens is 340 g/mol. The van der Waals surface area contributed by atoms with E-state index in [4.69, 9.17) is 9.47 Å². The molecule has 2 atom stereocenters. The maximum absolute atomic E-state index is 12.1. The molecule has 8 heteroatoms. The van der Waals surface area contributed by atoms with E-state index in [9.17, 15) is 14.4 Å². The summed E-state index contributed by atoms with van der Waals surface area (Å²) in [6, 6.07) is 0. The Kier molecular flexibility index (Phi) is 5.20. The molecule has 0 spiro atoms. The number of aromatic amines is 1. The number of esters is 1. The largest absolute Gasteiger partial charge is 0.461 e. The Labute approximate surface area is 146 Å². The summed E-state index contributed by atoms with van der Waals surface area (Å²) < 4.78 is 12.3. The molecule has 1 unspecified atom stereocenters. The predicted octanol–water partition coefficient (Wildman–Crippen LogP) is 1.11. The highest BCUT2D eigenvalue weighted by molar-refractivity contribution is 6.83.